The zero-order valence-corrected chi connectivity index (χ0v) is 9.38. The van der Waals surface area contributed by atoms with Crippen LogP contribution in [0.4, 0.5) is 13.2 Å². The highest BCUT2D eigenvalue weighted by Crippen LogP contribution is 2.29. The molecule has 0 saturated heterocycles. The van der Waals surface area contributed by atoms with Crippen molar-refractivity contribution in [2.75, 3.05) is 20.6 Å². The van der Waals surface area contributed by atoms with Crippen molar-refractivity contribution in [3.05, 3.63) is 41.8 Å². The van der Waals surface area contributed by atoms with E-state index in [0.717, 1.165) is 19.0 Å². The van der Waals surface area contributed by atoms with Gasteiger partial charge < -0.3 is 4.90 Å². The zero-order chi connectivity index (χ0) is 12.2. The summed E-state index contributed by atoms with van der Waals surface area (Å²) in [6.45, 7) is 0.830. The molecule has 0 aliphatic rings. The zero-order valence-electron chi connectivity index (χ0n) is 9.38. The monoisotopic (exact) mass is 230 g/mol. The van der Waals surface area contributed by atoms with Crippen molar-refractivity contribution in [3.63, 3.8) is 0 Å². The van der Waals surface area contributed by atoms with Crippen LogP contribution in [-0.4, -0.2) is 25.5 Å². The van der Waals surface area contributed by atoms with Crippen molar-refractivity contribution >= 4 is 0 Å². The molecule has 0 aliphatic heterocycles. The van der Waals surface area contributed by atoms with E-state index in [1.54, 1.807) is 6.07 Å². The molecule has 0 fully saturated rings. The van der Waals surface area contributed by atoms with Crippen LogP contribution in [0.3, 0.4) is 0 Å². The SMILES string of the molecule is CN(C)CC[CH]c1cccc(C(F)(F)F)c1. The molecule has 16 heavy (non-hydrogen) atoms. The maximum atomic E-state index is 12.4. The molecule has 0 spiro atoms. The summed E-state index contributed by atoms with van der Waals surface area (Å²) < 4.78 is 37.2. The molecule has 0 bridgehead atoms. The number of hydrogen-bond donors (Lipinski definition) is 0. The molecule has 1 radical (unpaired) electrons. The molecule has 0 heterocycles. The van der Waals surface area contributed by atoms with Gasteiger partial charge in [-0.05, 0) is 45.1 Å². The van der Waals surface area contributed by atoms with E-state index in [1.807, 2.05) is 25.4 Å². The van der Waals surface area contributed by atoms with Crippen molar-refractivity contribution in [3.8, 4) is 0 Å². The molecule has 4 heteroatoms. The standard InChI is InChI=1S/C12H15F3N/c1-16(2)8-4-6-10-5-3-7-11(9-10)12(13,14)15/h3,5-7,9H,4,8H2,1-2H3. The van der Waals surface area contributed by atoms with E-state index >= 15 is 0 Å². The Morgan fingerprint density at radius 3 is 2.50 bits per heavy atom. The van der Waals surface area contributed by atoms with E-state index in [2.05, 4.69) is 0 Å². The van der Waals surface area contributed by atoms with Crippen LogP contribution in [-0.2, 0) is 6.18 Å². The van der Waals surface area contributed by atoms with E-state index in [4.69, 9.17) is 0 Å². The number of halogens is 3. The summed E-state index contributed by atoms with van der Waals surface area (Å²) in [6, 6.07) is 5.38. The molecule has 1 rings (SSSR count). The number of hydrogen-bond acceptors (Lipinski definition) is 1. The van der Waals surface area contributed by atoms with E-state index in [1.165, 1.54) is 12.1 Å². The minimum absolute atomic E-state index is 0.592. The molecule has 0 unspecified atom stereocenters. The molecule has 1 aromatic carbocycles. The Balaban J connectivity index is 2.61. The van der Waals surface area contributed by atoms with Gasteiger partial charge in [0.15, 0.2) is 0 Å². The Morgan fingerprint density at radius 2 is 1.94 bits per heavy atom. The lowest BCUT2D eigenvalue weighted by Crippen LogP contribution is -2.13. The van der Waals surface area contributed by atoms with E-state index in [0.29, 0.717) is 5.56 Å². The van der Waals surface area contributed by atoms with Gasteiger partial charge in [0, 0.05) is 0 Å². The summed E-state index contributed by atoms with van der Waals surface area (Å²) in [4.78, 5) is 1.99. The Kier molecular flexibility index (Phi) is 4.35. The fourth-order valence-corrected chi connectivity index (χ4v) is 1.33. The lowest BCUT2D eigenvalue weighted by Gasteiger charge is -2.10. The van der Waals surface area contributed by atoms with E-state index < -0.39 is 11.7 Å². The molecule has 0 atom stereocenters. The minimum Gasteiger partial charge on any atom is -0.309 e. The third-order valence-electron chi connectivity index (χ3n) is 2.17. The Hall–Kier alpha value is -1.03. The molecule has 0 saturated carbocycles. The van der Waals surface area contributed by atoms with Gasteiger partial charge in [0.2, 0.25) is 0 Å². The van der Waals surface area contributed by atoms with Crippen LogP contribution in [0.2, 0.25) is 0 Å². The smallest absolute Gasteiger partial charge is 0.309 e. The summed E-state index contributed by atoms with van der Waals surface area (Å²) in [7, 11) is 3.86. The van der Waals surface area contributed by atoms with Crippen molar-refractivity contribution in [2.45, 2.75) is 12.6 Å². The summed E-state index contributed by atoms with van der Waals surface area (Å²) in [5, 5.41) is 0. The number of benzene rings is 1. The fourth-order valence-electron chi connectivity index (χ4n) is 1.33. The Morgan fingerprint density at radius 1 is 1.25 bits per heavy atom. The second kappa shape index (κ2) is 5.34. The quantitative estimate of drug-likeness (QED) is 0.767. The molecule has 0 N–H and O–H groups in total. The van der Waals surface area contributed by atoms with Gasteiger partial charge in [0.25, 0.3) is 0 Å². The average Bonchev–Trinajstić information content (AvgIpc) is 2.16. The number of nitrogens with zero attached hydrogens (tertiary/aromatic N) is 1. The molecule has 0 aromatic heterocycles. The predicted molar refractivity (Wildman–Crippen MR) is 58.0 cm³/mol. The van der Waals surface area contributed by atoms with Crippen LogP contribution in [0, 0.1) is 6.42 Å². The van der Waals surface area contributed by atoms with Gasteiger partial charge in [0.05, 0.1) is 5.56 Å². The molecule has 1 aromatic rings. The lowest BCUT2D eigenvalue weighted by molar-refractivity contribution is -0.137. The third kappa shape index (κ3) is 4.23. The molecular weight excluding hydrogens is 215 g/mol. The largest absolute Gasteiger partial charge is 0.416 e. The van der Waals surface area contributed by atoms with Crippen LogP contribution < -0.4 is 0 Å². The fraction of sp³-hybridized carbons (Fsp3) is 0.417. The second-order valence-electron chi connectivity index (χ2n) is 3.92. The summed E-state index contributed by atoms with van der Waals surface area (Å²) >= 11 is 0. The molecule has 0 amide bonds. The predicted octanol–water partition coefficient (Wildman–Crippen LogP) is 3.21. The minimum atomic E-state index is -4.26. The van der Waals surface area contributed by atoms with Crippen LogP contribution in [0.1, 0.15) is 17.5 Å². The highest BCUT2D eigenvalue weighted by Gasteiger charge is 2.30. The number of rotatable bonds is 4. The Labute approximate surface area is 93.9 Å². The van der Waals surface area contributed by atoms with Gasteiger partial charge in [-0.1, -0.05) is 18.2 Å². The molecule has 0 aliphatic carbocycles. The van der Waals surface area contributed by atoms with Crippen molar-refractivity contribution in [1.82, 2.24) is 4.90 Å². The number of alkyl halides is 3. The first kappa shape index (κ1) is 13.0. The highest BCUT2D eigenvalue weighted by molar-refractivity contribution is 5.30. The van der Waals surface area contributed by atoms with Crippen molar-refractivity contribution in [2.24, 2.45) is 0 Å². The van der Waals surface area contributed by atoms with Crippen molar-refractivity contribution < 1.29 is 13.2 Å². The Bertz CT molecular complexity index is 331. The highest BCUT2D eigenvalue weighted by atomic mass is 19.4. The summed E-state index contributed by atoms with van der Waals surface area (Å²) in [6.07, 6.45) is -1.70. The van der Waals surface area contributed by atoms with Gasteiger partial charge in [-0.2, -0.15) is 13.2 Å². The van der Waals surface area contributed by atoms with Crippen LogP contribution in [0.5, 0.6) is 0 Å². The van der Waals surface area contributed by atoms with Crippen molar-refractivity contribution in [1.29, 1.82) is 0 Å². The van der Waals surface area contributed by atoms with E-state index in [9.17, 15) is 13.2 Å². The first-order valence-corrected chi connectivity index (χ1v) is 5.05. The first-order valence-electron chi connectivity index (χ1n) is 5.05. The summed E-state index contributed by atoms with van der Waals surface area (Å²) in [5.74, 6) is 0. The summed E-state index contributed by atoms with van der Waals surface area (Å²) in [5.41, 5.74) is 0.0304. The maximum Gasteiger partial charge on any atom is 0.416 e. The normalized spacial score (nSPS) is 12.1. The maximum absolute atomic E-state index is 12.4. The van der Waals surface area contributed by atoms with Crippen LogP contribution >= 0.6 is 0 Å². The van der Waals surface area contributed by atoms with Crippen LogP contribution in [0.25, 0.3) is 0 Å². The van der Waals surface area contributed by atoms with Gasteiger partial charge in [0.1, 0.15) is 0 Å². The first-order chi connectivity index (χ1) is 7.39. The van der Waals surface area contributed by atoms with Gasteiger partial charge >= 0.3 is 6.18 Å². The topological polar surface area (TPSA) is 3.24 Å². The van der Waals surface area contributed by atoms with Crippen LogP contribution in [0.15, 0.2) is 24.3 Å². The molecular formula is C12H15F3N. The van der Waals surface area contributed by atoms with Gasteiger partial charge in [-0.15, -0.1) is 0 Å². The van der Waals surface area contributed by atoms with Gasteiger partial charge in [-0.3, -0.25) is 0 Å². The third-order valence-corrected chi connectivity index (χ3v) is 2.17. The lowest BCUT2D eigenvalue weighted by atomic mass is 10.1. The molecule has 1 nitrogen and oxygen atoms in total. The average molecular weight is 230 g/mol. The van der Waals surface area contributed by atoms with E-state index in [-0.39, 0.29) is 0 Å². The molecule has 89 valence electrons. The van der Waals surface area contributed by atoms with Gasteiger partial charge in [-0.25, -0.2) is 0 Å². The second-order valence-corrected chi connectivity index (χ2v) is 3.92.